The lowest BCUT2D eigenvalue weighted by Gasteiger charge is -2.36. The molecule has 0 aliphatic carbocycles. The Kier molecular flexibility index (Phi) is 6.43. The molecule has 0 radical (unpaired) electrons. The Labute approximate surface area is 204 Å². The predicted octanol–water partition coefficient (Wildman–Crippen LogP) is 2.58. The van der Waals surface area contributed by atoms with Crippen LogP contribution in [0.25, 0.3) is 0 Å². The molecule has 0 saturated carbocycles. The van der Waals surface area contributed by atoms with Crippen LogP contribution in [-0.4, -0.2) is 55.0 Å². The van der Waals surface area contributed by atoms with Gasteiger partial charge in [0.2, 0.25) is 5.91 Å². The number of hydrogen-bond donors (Lipinski definition) is 2. The fourth-order valence-corrected chi connectivity index (χ4v) is 6.19. The summed E-state index contributed by atoms with van der Waals surface area (Å²) in [4.78, 5) is 23.9. The Morgan fingerprint density at radius 3 is 2.71 bits per heavy atom. The average Bonchev–Trinajstić information content (AvgIpc) is 3.30. The number of rotatable bonds is 5. The Balaban J connectivity index is 1.73. The summed E-state index contributed by atoms with van der Waals surface area (Å²) < 4.78 is 42.4. The summed E-state index contributed by atoms with van der Waals surface area (Å²) >= 11 is 0. The van der Waals surface area contributed by atoms with E-state index in [0.29, 0.717) is 35.8 Å². The molecule has 2 aliphatic heterocycles. The molecular weight excluding hydrogens is 474 g/mol. The van der Waals surface area contributed by atoms with Gasteiger partial charge in [0.25, 0.3) is 10.0 Å². The van der Waals surface area contributed by atoms with Crippen LogP contribution in [-0.2, 0) is 32.5 Å². The molecule has 0 fully saturated rings. The van der Waals surface area contributed by atoms with E-state index in [0.717, 1.165) is 6.42 Å². The van der Waals surface area contributed by atoms with Gasteiger partial charge in [-0.2, -0.15) is 5.10 Å². The predicted molar refractivity (Wildman–Crippen MR) is 129 cm³/mol. The Bertz CT molecular complexity index is 1260. The number of ether oxygens (including phenoxy) is 2. The van der Waals surface area contributed by atoms with E-state index < -0.39 is 27.8 Å². The van der Waals surface area contributed by atoms with Crippen LogP contribution in [0.15, 0.2) is 23.1 Å². The number of nitrogens with zero attached hydrogens (tertiary/aromatic N) is 3. The molecule has 3 heterocycles. The van der Waals surface area contributed by atoms with Crippen molar-refractivity contribution in [1.29, 1.82) is 0 Å². The largest absolute Gasteiger partial charge is 0.484 e. The van der Waals surface area contributed by atoms with Gasteiger partial charge in [-0.3, -0.25) is 19.1 Å². The number of aromatic nitrogens is 2. The number of benzene rings is 1. The van der Waals surface area contributed by atoms with Crippen molar-refractivity contribution in [2.75, 3.05) is 22.7 Å². The number of aryl methyl sites for hydroxylation is 2. The Morgan fingerprint density at radius 2 is 2.03 bits per heavy atom. The normalized spacial score (nSPS) is 17.3. The smallest absolute Gasteiger partial charge is 0.412 e. The van der Waals surface area contributed by atoms with Gasteiger partial charge in [-0.05, 0) is 58.7 Å². The number of amides is 2. The summed E-state index contributed by atoms with van der Waals surface area (Å²) in [6, 6.07) is 4.75. The molecule has 4 rings (SSSR count). The summed E-state index contributed by atoms with van der Waals surface area (Å²) in [5.74, 6) is 0.0856. The highest BCUT2D eigenvalue weighted by atomic mass is 32.2. The number of carbonyl (C=O) groups is 2. The Hall–Kier alpha value is -3.28. The molecule has 1 atom stereocenters. The van der Waals surface area contributed by atoms with Crippen molar-refractivity contribution in [3.05, 3.63) is 29.6 Å². The minimum absolute atomic E-state index is 0.0183. The van der Waals surface area contributed by atoms with Crippen molar-refractivity contribution >= 4 is 33.4 Å². The molecule has 2 aromatic rings. The van der Waals surface area contributed by atoms with Gasteiger partial charge in [0.05, 0.1) is 30.2 Å². The molecule has 0 bridgehead atoms. The number of sulfonamides is 1. The molecule has 2 aliphatic rings. The second-order valence-electron chi connectivity index (χ2n) is 9.71. The number of hydrogen-bond acceptors (Lipinski definition) is 7. The van der Waals surface area contributed by atoms with E-state index in [1.54, 1.807) is 50.6 Å². The van der Waals surface area contributed by atoms with Crippen molar-refractivity contribution in [2.24, 2.45) is 0 Å². The molecule has 2 N–H and O–H groups in total. The first-order chi connectivity index (χ1) is 16.3. The number of fused-ring (bicyclic) bond motifs is 2. The second kappa shape index (κ2) is 9.06. The first-order valence-corrected chi connectivity index (χ1v) is 12.9. The molecule has 0 spiro atoms. The highest BCUT2D eigenvalue weighted by Crippen LogP contribution is 2.40. The quantitative estimate of drug-likeness (QED) is 0.638. The van der Waals surface area contributed by atoms with Gasteiger partial charge in [0, 0.05) is 19.2 Å². The fourth-order valence-electron chi connectivity index (χ4n) is 4.29. The molecule has 1 aromatic heterocycles. The third kappa shape index (κ3) is 5.21. The molecule has 0 saturated heterocycles. The van der Waals surface area contributed by atoms with E-state index in [2.05, 4.69) is 15.7 Å². The monoisotopic (exact) mass is 505 g/mol. The number of anilines is 2. The van der Waals surface area contributed by atoms with E-state index >= 15 is 0 Å². The highest BCUT2D eigenvalue weighted by molar-refractivity contribution is 7.93. The van der Waals surface area contributed by atoms with Crippen LogP contribution < -0.4 is 19.7 Å². The molecule has 1 aromatic carbocycles. The zero-order chi connectivity index (χ0) is 25.5. The molecule has 11 nitrogen and oxygen atoms in total. The van der Waals surface area contributed by atoms with Crippen LogP contribution in [0.4, 0.5) is 16.2 Å². The molecule has 0 unspecified atom stereocenters. The zero-order valence-corrected chi connectivity index (χ0v) is 21.4. The molecule has 190 valence electrons. The van der Waals surface area contributed by atoms with Crippen LogP contribution in [0.3, 0.4) is 0 Å². The zero-order valence-electron chi connectivity index (χ0n) is 20.5. The van der Waals surface area contributed by atoms with Gasteiger partial charge < -0.3 is 14.8 Å². The van der Waals surface area contributed by atoms with Gasteiger partial charge in [0.1, 0.15) is 22.4 Å². The molecule has 12 heteroatoms. The summed E-state index contributed by atoms with van der Waals surface area (Å²) in [6.07, 6.45) is 0.203. The van der Waals surface area contributed by atoms with Crippen LogP contribution >= 0.6 is 0 Å². The van der Waals surface area contributed by atoms with Crippen molar-refractivity contribution in [2.45, 2.75) is 70.6 Å². The molecule has 2 amide bonds. The standard InChI is InChI=1S/C23H31N5O6S/c1-14-21(18-7-6-10-27(18)26-14)35(31,32)28-13-17(12-24-15(2)29)33-20-9-8-16(11-19(20)28)25-22(30)34-23(3,4)5/h8-9,11,17H,6-7,10,12-13H2,1-5H3,(H,24,29)(H,25,30)/t17-/m0/s1. The van der Waals surface area contributed by atoms with E-state index in [-0.39, 0.29) is 29.6 Å². The maximum Gasteiger partial charge on any atom is 0.412 e. The second-order valence-corrected chi connectivity index (χ2v) is 11.5. The van der Waals surface area contributed by atoms with Crippen molar-refractivity contribution in [3.63, 3.8) is 0 Å². The third-order valence-corrected chi connectivity index (χ3v) is 7.59. The van der Waals surface area contributed by atoms with E-state index in [4.69, 9.17) is 9.47 Å². The summed E-state index contributed by atoms with van der Waals surface area (Å²) in [6.45, 7) is 9.14. The number of nitrogens with one attached hydrogen (secondary N) is 2. The third-order valence-electron chi connectivity index (χ3n) is 5.62. The summed E-state index contributed by atoms with van der Waals surface area (Å²) in [5, 5.41) is 9.76. The van der Waals surface area contributed by atoms with Gasteiger partial charge in [-0.1, -0.05) is 0 Å². The van der Waals surface area contributed by atoms with Crippen molar-refractivity contribution < 1.29 is 27.5 Å². The van der Waals surface area contributed by atoms with Crippen LogP contribution in [0.2, 0.25) is 0 Å². The maximum atomic E-state index is 14.0. The van der Waals surface area contributed by atoms with E-state index in [1.165, 1.54) is 11.2 Å². The maximum absolute atomic E-state index is 14.0. The summed E-state index contributed by atoms with van der Waals surface area (Å²) in [5.41, 5.74) is 1.09. The lowest BCUT2D eigenvalue weighted by atomic mass is 10.2. The van der Waals surface area contributed by atoms with Crippen LogP contribution in [0.5, 0.6) is 5.75 Å². The topological polar surface area (TPSA) is 132 Å². The first kappa shape index (κ1) is 24.8. The van der Waals surface area contributed by atoms with E-state index in [9.17, 15) is 18.0 Å². The lowest BCUT2D eigenvalue weighted by molar-refractivity contribution is -0.119. The average molecular weight is 506 g/mol. The molecule has 35 heavy (non-hydrogen) atoms. The van der Waals surface area contributed by atoms with Gasteiger partial charge in [-0.25, -0.2) is 13.2 Å². The lowest BCUT2D eigenvalue weighted by Crippen LogP contribution is -2.48. The van der Waals surface area contributed by atoms with Crippen LogP contribution in [0, 0.1) is 6.92 Å². The molecular formula is C23H31N5O6S. The number of carbonyl (C=O) groups excluding carboxylic acids is 2. The van der Waals surface area contributed by atoms with Gasteiger partial charge >= 0.3 is 6.09 Å². The SMILES string of the molecule is CC(=O)NC[C@H]1CN(S(=O)(=O)c2c(C)nn3c2CCC3)c2cc(NC(=O)OC(C)(C)C)ccc2O1. The van der Waals surface area contributed by atoms with Crippen molar-refractivity contribution in [1.82, 2.24) is 15.1 Å². The fraction of sp³-hybridized carbons (Fsp3) is 0.522. The highest BCUT2D eigenvalue weighted by Gasteiger charge is 2.39. The minimum atomic E-state index is -4.02. The van der Waals surface area contributed by atoms with Gasteiger partial charge in [0.15, 0.2) is 0 Å². The summed E-state index contributed by atoms with van der Waals surface area (Å²) in [7, 11) is -4.02. The van der Waals surface area contributed by atoms with Crippen molar-refractivity contribution in [3.8, 4) is 5.75 Å². The minimum Gasteiger partial charge on any atom is -0.484 e. The van der Waals surface area contributed by atoms with Gasteiger partial charge in [-0.15, -0.1) is 0 Å². The van der Waals surface area contributed by atoms with Crippen LogP contribution in [0.1, 0.15) is 45.5 Å². The first-order valence-electron chi connectivity index (χ1n) is 11.5. The Morgan fingerprint density at radius 1 is 1.29 bits per heavy atom. The van der Waals surface area contributed by atoms with E-state index in [1.807, 2.05) is 0 Å².